The van der Waals surface area contributed by atoms with Crippen LogP contribution in [0, 0.1) is 11.7 Å². The highest BCUT2D eigenvalue weighted by Crippen LogP contribution is 2.17. The molecule has 0 unspecified atom stereocenters. The van der Waals surface area contributed by atoms with Crippen LogP contribution in [0.15, 0.2) is 24.3 Å². The van der Waals surface area contributed by atoms with Gasteiger partial charge in [-0.25, -0.2) is 9.18 Å². The Balaban J connectivity index is 1.42. The zero-order valence-corrected chi connectivity index (χ0v) is 13.3. The summed E-state index contributed by atoms with van der Waals surface area (Å²) in [4.78, 5) is 16.3. The van der Waals surface area contributed by atoms with Crippen LogP contribution in [0.25, 0.3) is 0 Å². The van der Waals surface area contributed by atoms with Gasteiger partial charge in [0.25, 0.3) is 0 Å². The molecule has 1 N–H and O–H groups in total. The predicted octanol–water partition coefficient (Wildman–Crippen LogP) is 2.08. The highest BCUT2D eigenvalue weighted by Gasteiger charge is 2.22. The first kappa shape index (κ1) is 16.1. The van der Waals surface area contributed by atoms with Crippen molar-refractivity contribution in [2.45, 2.75) is 12.8 Å². The van der Waals surface area contributed by atoms with Crippen LogP contribution >= 0.6 is 0 Å². The van der Waals surface area contributed by atoms with E-state index in [9.17, 15) is 9.18 Å². The lowest BCUT2D eigenvalue weighted by atomic mass is 10.0. The zero-order chi connectivity index (χ0) is 16.1. The van der Waals surface area contributed by atoms with Gasteiger partial charge in [-0.2, -0.15) is 0 Å². The van der Waals surface area contributed by atoms with Crippen LogP contribution in [0.3, 0.4) is 0 Å². The third kappa shape index (κ3) is 4.34. The highest BCUT2D eigenvalue weighted by atomic mass is 19.1. The predicted molar refractivity (Wildman–Crippen MR) is 87.1 cm³/mol. The number of carbonyl (C=O) groups excluding carboxylic acids is 1. The Kier molecular flexibility index (Phi) is 5.33. The van der Waals surface area contributed by atoms with Crippen molar-refractivity contribution < 1.29 is 13.9 Å². The molecule has 6 heteroatoms. The first-order chi connectivity index (χ1) is 11.2. The molecule has 0 aliphatic carbocycles. The van der Waals surface area contributed by atoms with E-state index in [0.717, 1.165) is 51.4 Å². The number of ether oxygens (including phenoxy) is 1. The smallest absolute Gasteiger partial charge is 0.317 e. The average molecular weight is 321 g/mol. The number of hydrogen-bond donors (Lipinski definition) is 1. The fourth-order valence-corrected chi connectivity index (χ4v) is 3.11. The highest BCUT2D eigenvalue weighted by molar-refractivity contribution is 5.74. The number of rotatable bonds is 3. The third-order valence-electron chi connectivity index (χ3n) is 4.64. The summed E-state index contributed by atoms with van der Waals surface area (Å²) in [6, 6.07) is 6.55. The van der Waals surface area contributed by atoms with Gasteiger partial charge in [-0.05, 0) is 43.0 Å². The molecule has 2 saturated heterocycles. The van der Waals surface area contributed by atoms with Crippen LogP contribution in [0.2, 0.25) is 0 Å². The van der Waals surface area contributed by atoms with Crippen LogP contribution < -0.4 is 10.2 Å². The zero-order valence-electron chi connectivity index (χ0n) is 13.3. The fraction of sp³-hybridized carbons (Fsp3) is 0.588. The largest absolute Gasteiger partial charge is 0.381 e. The van der Waals surface area contributed by atoms with Gasteiger partial charge in [0.2, 0.25) is 0 Å². The average Bonchev–Trinajstić information content (AvgIpc) is 2.61. The van der Waals surface area contributed by atoms with Gasteiger partial charge in [-0.3, -0.25) is 0 Å². The first-order valence-corrected chi connectivity index (χ1v) is 8.33. The molecule has 2 amide bonds. The molecule has 0 atom stereocenters. The summed E-state index contributed by atoms with van der Waals surface area (Å²) in [5.41, 5.74) is 1.01. The van der Waals surface area contributed by atoms with E-state index >= 15 is 0 Å². The molecule has 0 spiro atoms. The Morgan fingerprint density at radius 3 is 2.43 bits per heavy atom. The Morgan fingerprint density at radius 1 is 1.13 bits per heavy atom. The maximum absolute atomic E-state index is 13.0. The third-order valence-corrected chi connectivity index (χ3v) is 4.64. The van der Waals surface area contributed by atoms with Gasteiger partial charge >= 0.3 is 6.03 Å². The Labute approximate surface area is 136 Å². The lowest BCUT2D eigenvalue weighted by Gasteiger charge is -2.36. The Bertz CT molecular complexity index is 509. The molecule has 2 heterocycles. The lowest BCUT2D eigenvalue weighted by Crippen LogP contribution is -2.52. The molecule has 0 saturated carbocycles. The van der Waals surface area contributed by atoms with Gasteiger partial charge in [0, 0.05) is 51.6 Å². The van der Waals surface area contributed by atoms with Crippen molar-refractivity contribution in [3.63, 3.8) is 0 Å². The maximum Gasteiger partial charge on any atom is 0.317 e. The second kappa shape index (κ2) is 7.64. The number of hydrogen-bond acceptors (Lipinski definition) is 3. The van der Waals surface area contributed by atoms with Crippen LogP contribution in [0.4, 0.5) is 14.9 Å². The van der Waals surface area contributed by atoms with Gasteiger partial charge in [0.05, 0.1) is 0 Å². The number of urea groups is 1. The molecule has 0 aromatic heterocycles. The van der Waals surface area contributed by atoms with E-state index < -0.39 is 0 Å². The van der Waals surface area contributed by atoms with Gasteiger partial charge in [-0.15, -0.1) is 0 Å². The molecule has 2 aliphatic heterocycles. The molecule has 1 aromatic carbocycles. The number of anilines is 1. The van der Waals surface area contributed by atoms with Crippen LogP contribution in [-0.2, 0) is 4.74 Å². The van der Waals surface area contributed by atoms with Gasteiger partial charge in [-0.1, -0.05) is 0 Å². The summed E-state index contributed by atoms with van der Waals surface area (Å²) >= 11 is 0. The lowest BCUT2D eigenvalue weighted by molar-refractivity contribution is 0.0663. The van der Waals surface area contributed by atoms with Crippen molar-refractivity contribution >= 4 is 11.7 Å². The molecule has 1 aromatic rings. The number of carbonyl (C=O) groups is 1. The van der Waals surface area contributed by atoms with Crippen LogP contribution in [-0.4, -0.2) is 56.9 Å². The molecule has 126 valence electrons. The topological polar surface area (TPSA) is 44.8 Å². The van der Waals surface area contributed by atoms with Gasteiger partial charge in [0.1, 0.15) is 5.82 Å². The van der Waals surface area contributed by atoms with E-state index in [4.69, 9.17) is 4.74 Å². The molecule has 2 aliphatic rings. The number of piperazine rings is 1. The monoisotopic (exact) mass is 321 g/mol. The minimum atomic E-state index is -0.222. The van der Waals surface area contributed by atoms with Crippen LogP contribution in [0.1, 0.15) is 12.8 Å². The molecule has 3 rings (SSSR count). The number of nitrogens with one attached hydrogen (secondary N) is 1. The summed E-state index contributed by atoms with van der Waals surface area (Å²) in [5, 5.41) is 3.05. The Morgan fingerprint density at radius 2 is 1.78 bits per heavy atom. The van der Waals surface area contributed by atoms with E-state index in [1.165, 1.54) is 12.1 Å². The van der Waals surface area contributed by atoms with Crippen molar-refractivity contribution in [2.75, 3.05) is 50.8 Å². The SMILES string of the molecule is O=C(NCC1CCOCC1)N1CCN(c2ccc(F)cc2)CC1. The first-order valence-electron chi connectivity index (χ1n) is 8.33. The van der Waals surface area contributed by atoms with E-state index in [1.54, 1.807) is 12.1 Å². The molecule has 0 radical (unpaired) electrons. The summed E-state index contributed by atoms with van der Waals surface area (Å²) in [6.07, 6.45) is 2.05. The van der Waals surface area contributed by atoms with Crippen molar-refractivity contribution in [2.24, 2.45) is 5.92 Å². The Hall–Kier alpha value is -1.82. The van der Waals surface area contributed by atoms with E-state index in [0.29, 0.717) is 19.0 Å². The standard InChI is InChI=1S/C17H24FN3O2/c18-15-1-3-16(4-2-15)20-7-9-21(10-8-20)17(22)19-13-14-5-11-23-12-6-14/h1-4,14H,5-13H2,(H,19,22). The van der Waals surface area contributed by atoms with Crippen molar-refractivity contribution in [1.29, 1.82) is 0 Å². The molecule has 5 nitrogen and oxygen atoms in total. The number of halogens is 1. The molecule has 2 fully saturated rings. The number of amides is 2. The second-order valence-corrected chi connectivity index (χ2v) is 6.19. The molecular formula is C17H24FN3O2. The van der Waals surface area contributed by atoms with Crippen molar-refractivity contribution in [3.8, 4) is 0 Å². The minimum Gasteiger partial charge on any atom is -0.381 e. The molecular weight excluding hydrogens is 297 g/mol. The van der Waals surface area contributed by atoms with Gasteiger partial charge < -0.3 is 19.9 Å². The minimum absolute atomic E-state index is 0.0234. The fourth-order valence-electron chi connectivity index (χ4n) is 3.11. The summed E-state index contributed by atoms with van der Waals surface area (Å²) < 4.78 is 18.3. The summed E-state index contributed by atoms with van der Waals surface area (Å²) in [6.45, 7) is 5.27. The maximum atomic E-state index is 13.0. The molecule has 23 heavy (non-hydrogen) atoms. The van der Waals surface area contributed by atoms with Crippen molar-refractivity contribution in [1.82, 2.24) is 10.2 Å². The van der Waals surface area contributed by atoms with Crippen LogP contribution in [0.5, 0.6) is 0 Å². The second-order valence-electron chi connectivity index (χ2n) is 6.19. The quantitative estimate of drug-likeness (QED) is 0.927. The van der Waals surface area contributed by atoms with E-state index in [2.05, 4.69) is 10.2 Å². The molecule has 0 bridgehead atoms. The van der Waals surface area contributed by atoms with Crippen molar-refractivity contribution in [3.05, 3.63) is 30.1 Å². The number of benzene rings is 1. The van der Waals surface area contributed by atoms with E-state index in [1.807, 2.05) is 4.90 Å². The summed E-state index contributed by atoms with van der Waals surface area (Å²) in [5.74, 6) is 0.313. The van der Waals surface area contributed by atoms with Gasteiger partial charge in [0.15, 0.2) is 0 Å². The number of nitrogens with zero attached hydrogens (tertiary/aromatic N) is 2. The normalized spacial score (nSPS) is 19.7. The van der Waals surface area contributed by atoms with E-state index in [-0.39, 0.29) is 11.8 Å². The summed E-state index contributed by atoms with van der Waals surface area (Å²) in [7, 11) is 0.